The van der Waals surface area contributed by atoms with E-state index < -0.39 is 10.0 Å². The predicted molar refractivity (Wildman–Crippen MR) is 97.2 cm³/mol. The number of benzene rings is 2. The Morgan fingerprint density at radius 1 is 1.08 bits per heavy atom. The smallest absolute Gasteiger partial charge is 0.261 e. The lowest BCUT2D eigenvalue weighted by atomic mass is 10.2. The molecule has 0 aliphatic carbocycles. The van der Waals surface area contributed by atoms with E-state index in [1.54, 1.807) is 35.2 Å². The molecular weight excluding hydrogens is 338 g/mol. The molecule has 1 aliphatic rings. The van der Waals surface area contributed by atoms with Crippen molar-refractivity contribution in [1.82, 2.24) is 10.2 Å². The molecule has 0 saturated carbocycles. The van der Waals surface area contributed by atoms with Crippen LogP contribution < -0.4 is 10.0 Å². The number of hydrogen-bond donors (Lipinski definition) is 2. The summed E-state index contributed by atoms with van der Waals surface area (Å²) in [6.07, 6.45) is 0. The summed E-state index contributed by atoms with van der Waals surface area (Å²) in [5.41, 5.74) is 1.84. The van der Waals surface area contributed by atoms with Crippen molar-refractivity contribution >= 4 is 21.6 Å². The summed E-state index contributed by atoms with van der Waals surface area (Å²) in [5.74, 6) is -0.144. The van der Waals surface area contributed by atoms with Crippen molar-refractivity contribution in [3.63, 3.8) is 0 Å². The summed E-state index contributed by atoms with van der Waals surface area (Å²) in [5, 5.41) is 3.19. The predicted octanol–water partition coefficient (Wildman–Crippen LogP) is 1.84. The van der Waals surface area contributed by atoms with Crippen molar-refractivity contribution in [2.45, 2.75) is 11.8 Å². The highest BCUT2D eigenvalue weighted by Gasteiger charge is 2.21. The number of carbonyl (C=O) groups excluding carboxylic acids is 1. The van der Waals surface area contributed by atoms with Gasteiger partial charge in [0, 0.05) is 37.4 Å². The Morgan fingerprint density at radius 3 is 2.52 bits per heavy atom. The maximum absolute atomic E-state index is 12.6. The van der Waals surface area contributed by atoms with Crippen molar-refractivity contribution in [1.29, 1.82) is 0 Å². The molecule has 1 heterocycles. The highest BCUT2D eigenvalue weighted by Crippen LogP contribution is 2.19. The average Bonchev–Trinajstić information content (AvgIpc) is 2.61. The minimum absolute atomic E-state index is 0.0787. The minimum Gasteiger partial charge on any atom is -0.336 e. The summed E-state index contributed by atoms with van der Waals surface area (Å²) in [6.45, 7) is 4.64. The minimum atomic E-state index is -3.75. The molecule has 1 aliphatic heterocycles. The zero-order valence-corrected chi connectivity index (χ0v) is 14.8. The van der Waals surface area contributed by atoms with Gasteiger partial charge in [-0.05, 0) is 42.8 Å². The Morgan fingerprint density at radius 2 is 1.80 bits per heavy atom. The Balaban J connectivity index is 1.83. The fourth-order valence-corrected chi connectivity index (χ4v) is 3.86. The lowest BCUT2D eigenvalue weighted by Crippen LogP contribution is -2.46. The largest absolute Gasteiger partial charge is 0.336 e. The second kappa shape index (κ2) is 7.25. The third kappa shape index (κ3) is 4.18. The fourth-order valence-electron chi connectivity index (χ4n) is 2.77. The average molecular weight is 359 g/mol. The zero-order chi connectivity index (χ0) is 17.9. The van der Waals surface area contributed by atoms with Crippen molar-refractivity contribution in [2.24, 2.45) is 0 Å². The van der Waals surface area contributed by atoms with Crippen LogP contribution in [0.5, 0.6) is 0 Å². The van der Waals surface area contributed by atoms with Crippen LogP contribution in [-0.4, -0.2) is 45.4 Å². The molecule has 132 valence electrons. The number of anilines is 1. The van der Waals surface area contributed by atoms with E-state index in [2.05, 4.69) is 10.0 Å². The second-order valence-electron chi connectivity index (χ2n) is 6.05. The number of sulfonamides is 1. The molecule has 0 unspecified atom stereocenters. The first-order valence-corrected chi connectivity index (χ1v) is 9.63. The van der Waals surface area contributed by atoms with Gasteiger partial charge in [-0.1, -0.05) is 18.2 Å². The SMILES string of the molecule is Cc1cccc(NS(=O)(=O)c2cccc(C(=O)N3CCNCC3)c2)c1. The van der Waals surface area contributed by atoms with Gasteiger partial charge in [0.1, 0.15) is 0 Å². The van der Waals surface area contributed by atoms with Crippen LogP contribution >= 0.6 is 0 Å². The normalized spacial score (nSPS) is 15.0. The van der Waals surface area contributed by atoms with Crippen LogP contribution in [0.2, 0.25) is 0 Å². The van der Waals surface area contributed by atoms with Crippen LogP contribution in [0.25, 0.3) is 0 Å². The van der Waals surface area contributed by atoms with E-state index in [9.17, 15) is 13.2 Å². The lowest BCUT2D eigenvalue weighted by molar-refractivity contribution is 0.0735. The van der Waals surface area contributed by atoms with E-state index in [4.69, 9.17) is 0 Å². The van der Waals surface area contributed by atoms with Gasteiger partial charge in [0.15, 0.2) is 0 Å². The van der Waals surface area contributed by atoms with Gasteiger partial charge in [-0.2, -0.15) is 0 Å². The van der Waals surface area contributed by atoms with E-state index in [0.717, 1.165) is 18.7 Å². The molecule has 25 heavy (non-hydrogen) atoms. The van der Waals surface area contributed by atoms with E-state index in [1.807, 2.05) is 13.0 Å². The van der Waals surface area contributed by atoms with Crippen LogP contribution in [0.3, 0.4) is 0 Å². The van der Waals surface area contributed by atoms with E-state index in [0.29, 0.717) is 24.3 Å². The molecule has 3 rings (SSSR count). The van der Waals surface area contributed by atoms with Crippen molar-refractivity contribution in [2.75, 3.05) is 30.9 Å². The quantitative estimate of drug-likeness (QED) is 0.873. The molecule has 2 N–H and O–H groups in total. The molecule has 0 radical (unpaired) electrons. The number of aryl methyl sites for hydroxylation is 1. The van der Waals surface area contributed by atoms with Crippen molar-refractivity contribution < 1.29 is 13.2 Å². The van der Waals surface area contributed by atoms with E-state index in [1.165, 1.54) is 12.1 Å². The summed E-state index contributed by atoms with van der Waals surface area (Å²) < 4.78 is 27.8. The van der Waals surface area contributed by atoms with Crippen molar-refractivity contribution in [3.8, 4) is 0 Å². The molecule has 1 fully saturated rings. The monoisotopic (exact) mass is 359 g/mol. The Hall–Kier alpha value is -2.38. The molecule has 0 bridgehead atoms. The third-order valence-electron chi connectivity index (χ3n) is 4.07. The number of hydrogen-bond acceptors (Lipinski definition) is 4. The molecule has 2 aromatic rings. The highest BCUT2D eigenvalue weighted by atomic mass is 32.2. The zero-order valence-electron chi connectivity index (χ0n) is 14.0. The van der Waals surface area contributed by atoms with E-state index >= 15 is 0 Å². The van der Waals surface area contributed by atoms with Gasteiger partial charge >= 0.3 is 0 Å². The summed E-state index contributed by atoms with van der Waals surface area (Å²) in [7, 11) is -3.75. The van der Waals surface area contributed by atoms with Gasteiger partial charge < -0.3 is 10.2 Å². The number of nitrogens with one attached hydrogen (secondary N) is 2. The van der Waals surface area contributed by atoms with Gasteiger partial charge in [-0.3, -0.25) is 9.52 Å². The second-order valence-corrected chi connectivity index (χ2v) is 7.73. The Labute approximate surface area is 147 Å². The molecule has 0 atom stereocenters. The molecule has 7 heteroatoms. The van der Waals surface area contributed by atoms with Gasteiger partial charge in [-0.15, -0.1) is 0 Å². The molecule has 1 amide bonds. The van der Waals surface area contributed by atoms with Gasteiger partial charge in [0.05, 0.1) is 4.90 Å². The number of amides is 1. The van der Waals surface area contributed by atoms with Crippen LogP contribution in [0.1, 0.15) is 15.9 Å². The topological polar surface area (TPSA) is 78.5 Å². The highest BCUT2D eigenvalue weighted by molar-refractivity contribution is 7.92. The number of carbonyl (C=O) groups is 1. The van der Waals surface area contributed by atoms with Crippen molar-refractivity contribution in [3.05, 3.63) is 59.7 Å². The standard InChI is InChI=1S/C18H21N3O3S/c1-14-4-2-6-16(12-14)20-25(23,24)17-7-3-5-15(13-17)18(22)21-10-8-19-9-11-21/h2-7,12-13,19-20H,8-11H2,1H3. The third-order valence-corrected chi connectivity index (χ3v) is 5.44. The van der Waals surface area contributed by atoms with Crippen LogP contribution in [0.15, 0.2) is 53.4 Å². The van der Waals surface area contributed by atoms with Crippen LogP contribution in [-0.2, 0) is 10.0 Å². The number of nitrogens with zero attached hydrogens (tertiary/aromatic N) is 1. The first-order chi connectivity index (χ1) is 12.0. The number of rotatable bonds is 4. The lowest BCUT2D eigenvalue weighted by Gasteiger charge is -2.27. The maximum Gasteiger partial charge on any atom is 0.261 e. The molecule has 0 spiro atoms. The summed E-state index contributed by atoms with van der Waals surface area (Å²) in [4.78, 5) is 14.4. The van der Waals surface area contributed by atoms with Gasteiger partial charge in [-0.25, -0.2) is 8.42 Å². The molecule has 2 aromatic carbocycles. The Kier molecular flexibility index (Phi) is 5.06. The van der Waals surface area contributed by atoms with E-state index in [-0.39, 0.29) is 10.8 Å². The van der Waals surface area contributed by atoms with Gasteiger partial charge in [0.2, 0.25) is 0 Å². The molecule has 0 aromatic heterocycles. The number of piperazine rings is 1. The Bertz CT molecular complexity index is 875. The maximum atomic E-state index is 12.6. The first-order valence-electron chi connectivity index (χ1n) is 8.15. The molecule has 6 nitrogen and oxygen atoms in total. The fraction of sp³-hybridized carbons (Fsp3) is 0.278. The van der Waals surface area contributed by atoms with Crippen LogP contribution in [0, 0.1) is 6.92 Å². The summed E-state index contributed by atoms with van der Waals surface area (Å²) >= 11 is 0. The van der Waals surface area contributed by atoms with Crippen LogP contribution in [0.4, 0.5) is 5.69 Å². The first kappa shape index (κ1) is 17.4. The summed E-state index contributed by atoms with van der Waals surface area (Å²) in [6, 6.07) is 13.3. The molecular formula is C18H21N3O3S. The van der Waals surface area contributed by atoms with Gasteiger partial charge in [0.25, 0.3) is 15.9 Å². The molecule has 1 saturated heterocycles.